The summed E-state index contributed by atoms with van der Waals surface area (Å²) < 4.78 is 9.40. The molecule has 4 heterocycles. The molecule has 1 aliphatic rings. The van der Waals surface area contributed by atoms with Crippen molar-refractivity contribution in [3.63, 3.8) is 0 Å². The second-order valence-electron chi connectivity index (χ2n) is 7.88. The van der Waals surface area contributed by atoms with Gasteiger partial charge in [0.2, 0.25) is 0 Å². The maximum atomic E-state index is 13.1. The van der Waals surface area contributed by atoms with Gasteiger partial charge in [0.15, 0.2) is 16.8 Å². The Labute approximate surface area is 188 Å². The summed E-state index contributed by atoms with van der Waals surface area (Å²) in [6.07, 6.45) is 3.08. The van der Waals surface area contributed by atoms with Gasteiger partial charge < -0.3 is 9.09 Å². The zero-order valence-corrected chi connectivity index (χ0v) is 19.3. The van der Waals surface area contributed by atoms with Gasteiger partial charge in [-0.05, 0) is 51.1 Å². The highest BCUT2D eigenvalue weighted by Crippen LogP contribution is 2.39. The number of thiophene rings is 1. The standard InChI is InChI=1S/C22H23N5O2S2/c1-13-9-18(15(3)26(13)21-10-14(2)29-25-21)19(28)12-31-22-24-23-20(27(22)16-6-7-16)11-17-5-4-8-30-17/h4-5,8-10,16H,6-7,11-12H2,1-3H3. The molecule has 0 radical (unpaired) electrons. The molecule has 160 valence electrons. The van der Waals surface area contributed by atoms with E-state index in [1.165, 1.54) is 16.6 Å². The van der Waals surface area contributed by atoms with E-state index < -0.39 is 0 Å². The second kappa shape index (κ2) is 8.12. The number of rotatable bonds is 8. The fourth-order valence-electron chi connectivity index (χ4n) is 3.86. The van der Waals surface area contributed by atoms with E-state index in [4.69, 9.17) is 4.52 Å². The Hall–Kier alpha value is -2.65. The summed E-state index contributed by atoms with van der Waals surface area (Å²) in [5.41, 5.74) is 2.54. The summed E-state index contributed by atoms with van der Waals surface area (Å²) >= 11 is 3.21. The molecule has 5 rings (SSSR count). The van der Waals surface area contributed by atoms with Gasteiger partial charge in [-0.1, -0.05) is 23.0 Å². The van der Waals surface area contributed by atoms with Gasteiger partial charge in [0.1, 0.15) is 11.6 Å². The van der Waals surface area contributed by atoms with Crippen LogP contribution in [-0.2, 0) is 6.42 Å². The Kier molecular flexibility index (Phi) is 5.31. The molecule has 4 aromatic heterocycles. The highest BCUT2D eigenvalue weighted by molar-refractivity contribution is 7.99. The van der Waals surface area contributed by atoms with Gasteiger partial charge in [-0.15, -0.1) is 21.5 Å². The number of ketones is 1. The molecule has 1 saturated carbocycles. The van der Waals surface area contributed by atoms with Crippen molar-refractivity contribution in [2.24, 2.45) is 0 Å². The summed E-state index contributed by atoms with van der Waals surface area (Å²) in [5, 5.41) is 15.9. The molecule has 9 heteroatoms. The van der Waals surface area contributed by atoms with Crippen LogP contribution in [0, 0.1) is 20.8 Å². The van der Waals surface area contributed by atoms with Crippen molar-refractivity contribution >= 4 is 28.9 Å². The van der Waals surface area contributed by atoms with Crippen LogP contribution < -0.4 is 0 Å². The summed E-state index contributed by atoms with van der Waals surface area (Å²) in [6.45, 7) is 5.78. The lowest BCUT2D eigenvalue weighted by atomic mass is 10.2. The van der Waals surface area contributed by atoms with Crippen molar-refractivity contribution in [1.82, 2.24) is 24.5 Å². The Morgan fingerprint density at radius 2 is 2.10 bits per heavy atom. The molecule has 0 spiro atoms. The molecule has 7 nitrogen and oxygen atoms in total. The molecule has 4 aromatic rings. The highest BCUT2D eigenvalue weighted by Gasteiger charge is 2.30. The molecule has 0 atom stereocenters. The van der Waals surface area contributed by atoms with Gasteiger partial charge in [-0.2, -0.15) is 0 Å². The largest absolute Gasteiger partial charge is 0.360 e. The minimum absolute atomic E-state index is 0.0784. The van der Waals surface area contributed by atoms with Gasteiger partial charge in [0.25, 0.3) is 0 Å². The summed E-state index contributed by atoms with van der Waals surface area (Å²) in [7, 11) is 0. The first-order valence-electron chi connectivity index (χ1n) is 10.3. The van der Waals surface area contributed by atoms with Crippen molar-refractivity contribution < 1.29 is 9.32 Å². The number of carbonyl (C=O) groups is 1. The molecule has 31 heavy (non-hydrogen) atoms. The van der Waals surface area contributed by atoms with Gasteiger partial charge in [-0.25, -0.2) is 0 Å². The topological polar surface area (TPSA) is 78.7 Å². The quantitative estimate of drug-likeness (QED) is 0.278. The fraction of sp³-hybridized carbons (Fsp3) is 0.364. The van der Waals surface area contributed by atoms with Crippen LogP contribution in [0.1, 0.15) is 57.1 Å². The number of Topliss-reactive ketones (excluding diaryl/α,β-unsaturated/α-hetero) is 1. The van der Waals surface area contributed by atoms with Crippen LogP contribution >= 0.6 is 23.1 Å². The molecule has 0 N–H and O–H groups in total. The predicted octanol–water partition coefficient (Wildman–Crippen LogP) is 4.94. The van der Waals surface area contributed by atoms with Crippen molar-refractivity contribution in [1.29, 1.82) is 0 Å². The summed E-state index contributed by atoms with van der Waals surface area (Å²) in [5.74, 6) is 2.83. The third-order valence-electron chi connectivity index (χ3n) is 5.47. The predicted molar refractivity (Wildman–Crippen MR) is 121 cm³/mol. The van der Waals surface area contributed by atoms with E-state index in [-0.39, 0.29) is 5.78 Å². The Morgan fingerprint density at radius 1 is 1.26 bits per heavy atom. The minimum Gasteiger partial charge on any atom is -0.360 e. The van der Waals surface area contributed by atoms with Gasteiger partial charge in [0, 0.05) is 40.4 Å². The van der Waals surface area contributed by atoms with Gasteiger partial charge in [-0.3, -0.25) is 9.36 Å². The lowest BCUT2D eigenvalue weighted by Gasteiger charge is -2.08. The third-order valence-corrected chi connectivity index (χ3v) is 7.29. The van der Waals surface area contributed by atoms with E-state index in [0.29, 0.717) is 23.2 Å². The minimum atomic E-state index is 0.0784. The molecular weight excluding hydrogens is 430 g/mol. The van der Waals surface area contributed by atoms with Crippen molar-refractivity contribution in [3.05, 3.63) is 63.1 Å². The highest BCUT2D eigenvalue weighted by atomic mass is 32.2. The molecule has 1 fully saturated rings. The normalized spacial score (nSPS) is 13.8. The smallest absolute Gasteiger partial charge is 0.191 e. The lowest BCUT2D eigenvalue weighted by Crippen LogP contribution is -2.08. The number of nitrogens with zero attached hydrogens (tertiary/aromatic N) is 5. The van der Waals surface area contributed by atoms with Gasteiger partial charge in [0.05, 0.1) is 5.75 Å². The Morgan fingerprint density at radius 3 is 2.77 bits per heavy atom. The maximum absolute atomic E-state index is 13.1. The van der Waals surface area contributed by atoms with E-state index in [0.717, 1.165) is 47.4 Å². The molecule has 0 bridgehead atoms. The first-order valence-corrected chi connectivity index (χ1v) is 12.1. The number of hydrogen-bond donors (Lipinski definition) is 0. The first kappa shape index (κ1) is 20.3. The first-order chi connectivity index (χ1) is 15.0. The number of thioether (sulfide) groups is 1. The molecule has 0 aliphatic heterocycles. The summed E-state index contributed by atoms with van der Waals surface area (Å²) in [4.78, 5) is 14.3. The number of aromatic nitrogens is 5. The zero-order chi connectivity index (χ0) is 21.5. The average molecular weight is 454 g/mol. The van der Waals surface area contributed by atoms with Crippen LogP contribution in [0.25, 0.3) is 5.82 Å². The lowest BCUT2D eigenvalue weighted by molar-refractivity contribution is 0.102. The van der Waals surface area contributed by atoms with Gasteiger partial charge >= 0.3 is 0 Å². The van der Waals surface area contributed by atoms with E-state index >= 15 is 0 Å². The Bertz CT molecular complexity index is 1230. The third kappa shape index (κ3) is 3.99. The molecule has 0 aromatic carbocycles. The van der Waals surface area contributed by atoms with Crippen molar-refractivity contribution in [2.75, 3.05) is 5.75 Å². The number of carbonyl (C=O) groups excluding carboxylic acids is 1. The van der Waals surface area contributed by atoms with Crippen LogP contribution in [-0.4, -0.2) is 36.0 Å². The van der Waals surface area contributed by atoms with Crippen LogP contribution in [0.15, 0.2) is 39.3 Å². The van der Waals surface area contributed by atoms with Crippen LogP contribution in [0.2, 0.25) is 0 Å². The molecule has 0 saturated heterocycles. The van der Waals surface area contributed by atoms with Crippen molar-refractivity contribution in [2.45, 2.75) is 51.2 Å². The van der Waals surface area contributed by atoms with Crippen LogP contribution in [0.4, 0.5) is 0 Å². The average Bonchev–Trinajstić information content (AvgIpc) is 3.09. The Balaban J connectivity index is 1.34. The fourth-order valence-corrected chi connectivity index (χ4v) is 5.47. The number of aryl methyl sites for hydroxylation is 2. The number of hydrogen-bond acceptors (Lipinski definition) is 7. The van der Waals surface area contributed by atoms with E-state index in [2.05, 4.69) is 37.4 Å². The van der Waals surface area contributed by atoms with Crippen molar-refractivity contribution in [3.8, 4) is 5.82 Å². The maximum Gasteiger partial charge on any atom is 0.191 e. The van der Waals surface area contributed by atoms with E-state index in [9.17, 15) is 4.79 Å². The SMILES string of the molecule is Cc1cc(-n2c(C)cc(C(=O)CSc3nnc(Cc4cccs4)n3C3CC3)c2C)no1. The zero-order valence-electron chi connectivity index (χ0n) is 17.7. The van der Waals surface area contributed by atoms with Crippen LogP contribution in [0.5, 0.6) is 0 Å². The van der Waals surface area contributed by atoms with Crippen LogP contribution in [0.3, 0.4) is 0 Å². The van der Waals surface area contributed by atoms with E-state index in [1.807, 2.05) is 37.5 Å². The molecule has 0 amide bonds. The molecule has 0 unspecified atom stereocenters. The van der Waals surface area contributed by atoms with E-state index in [1.54, 1.807) is 11.3 Å². The summed E-state index contributed by atoms with van der Waals surface area (Å²) in [6, 6.07) is 8.44. The monoisotopic (exact) mass is 453 g/mol. The molecule has 1 aliphatic carbocycles. The molecular formula is C22H23N5O2S2. The second-order valence-corrected chi connectivity index (χ2v) is 9.86.